The van der Waals surface area contributed by atoms with Crippen LogP contribution < -0.4 is 0 Å². The lowest BCUT2D eigenvalue weighted by Gasteiger charge is -2.14. The summed E-state index contributed by atoms with van der Waals surface area (Å²) in [4.78, 5) is 15.3. The van der Waals surface area contributed by atoms with Gasteiger partial charge >= 0.3 is 5.97 Å². The van der Waals surface area contributed by atoms with Crippen molar-refractivity contribution in [3.05, 3.63) is 47.9 Å². The van der Waals surface area contributed by atoms with Gasteiger partial charge in [-0.05, 0) is 30.7 Å². The molecule has 2 aromatic heterocycles. The van der Waals surface area contributed by atoms with E-state index in [9.17, 15) is 9.90 Å². The Bertz CT molecular complexity index is 627. The van der Waals surface area contributed by atoms with Crippen molar-refractivity contribution in [3.63, 3.8) is 0 Å². The molecule has 1 N–H and O–H groups in total. The fourth-order valence-corrected chi connectivity index (χ4v) is 2.31. The standard InChI is InChI=1S/C14H12N2O2/c17-14(18)11-8-13(10-4-3-6-15-9-10)16-7-2-1-5-12(11)16/h1,3-6,8-9H,2,7H2,(H,17,18). The number of hydrogen-bond acceptors (Lipinski definition) is 2. The summed E-state index contributed by atoms with van der Waals surface area (Å²) in [5.74, 6) is -0.888. The Kier molecular flexibility index (Phi) is 2.48. The molecule has 90 valence electrons. The Morgan fingerprint density at radius 2 is 2.33 bits per heavy atom. The summed E-state index contributed by atoms with van der Waals surface area (Å²) in [6.45, 7) is 0.809. The lowest BCUT2D eigenvalue weighted by Crippen LogP contribution is -2.07. The molecule has 1 aliphatic heterocycles. The highest BCUT2D eigenvalue weighted by Gasteiger charge is 2.20. The van der Waals surface area contributed by atoms with Crippen LogP contribution in [0.3, 0.4) is 0 Å². The van der Waals surface area contributed by atoms with Crippen molar-refractivity contribution < 1.29 is 9.90 Å². The SMILES string of the molecule is O=C(O)c1cc(-c2cccnc2)n2c1C=CCC2. The van der Waals surface area contributed by atoms with E-state index in [1.54, 1.807) is 18.5 Å². The summed E-state index contributed by atoms with van der Waals surface area (Å²) >= 11 is 0. The molecule has 0 saturated carbocycles. The van der Waals surface area contributed by atoms with Crippen LogP contribution in [0.4, 0.5) is 0 Å². The van der Waals surface area contributed by atoms with Crippen LogP contribution in [0.25, 0.3) is 17.3 Å². The summed E-state index contributed by atoms with van der Waals surface area (Å²) in [6, 6.07) is 5.53. The molecule has 0 atom stereocenters. The van der Waals surface area contributed by atoms with E-state index >= 15 is 0 Å². The van der Waals surface area contributed by atoms with Gasteiger partial charge in [0, 0.05) is 24.5 Å². The van der Waals surface area contributed by atoms with Gasteiger partial charge in [0.2, 0.25) is 0 Å². The van der Waals surface area contributed by atoms with Crippen LogP contribution in [0, 0.1) is 0 Å². The molecule has 0 unspecified atom stereocenters. The number of nitrogens with zero attached hydrogens (tertiary/aromatic N) is 2. The van der Waals surface area contributed by atoms with Crippen molar-refractivity contribution in [3.8, 4) is 11.3 Å². The van der Waals surface area contributed by atoms with Gasteiger partial charge in [-0.25, -0.2) is 4.79 Å². The fourth-order valence-electron chi connectivity index (χ4n) is 2.31. The van der Waals surface area contributed by atoms with Gasteiger partial charge in [0.1, 0.15) is 0 Å². The maximum absolute atomic E-state index is 11.3. The van der Waals surface area contributed by atoms with Crippen molar-refractivity contribution >= 4 is 12.0 Å². The van der Waals surface area contributed by atoms with Crippen molar-refractivity contribution in [2.45, 2.75) is 13.0 Å². The van der Waals surface area contributed by atoms with E-state index in [-0.39, 0.29) is 0 Å². The number of carboxylic acids is 1. The summed E-state index contributed by atoms with van der Waals surface area (Å²) in [5, 5.41) is 9.24. The zero-order valence-electron chi connectivity index (χ0n) is 9.71. The lowest BCUT2D eigenvalue weighted by molar-refractivity contribution is 0.0696. The summed E-state index contributed by atoms with van der Waals surface area (Å²) in [5.41, 5.74) is 2.99. The number of aromatic carboxylic acids is 1. The van der Waals surface area contributed by atoms with Crippen LogP contribution >= 0.6 is 0 Å². The number of pyridine rings is 1. The van der Waals surface area contributed by atoms with Crippen LogP contribution in [0.1, 0.15) is 22.5 Å². The molecule has 4 nitrogen and oxygen atoms in total. The van der Waals surface area contributed by atoms with Gasteiger partial charge < -0.3 is 9.67 Å². The van der Waals surface area contributed by atoms with Gasteiger partial charge in [-0.1, -0.05) is 6.08 Å². The molecular formula is C14H12N2O2. The Morgan fingerprint density at radius 1 is 1.44 bits per heavy atom. The average Bonchev–Trinajstić information content (AvgIpc) is 2.79. The molecule has 3 rings (SSSR count). The van der Waals surface area contributed by atoms with E-state index in [0.717, 1.165) is 29.9 Å². The summed E-state index contributed by atoms with van der Waals surface area (Å²) < 4.78 is 2.04. The van der Waals surface area contributed by atoms with E-state index < -0.39 is 5.97 Å². The smallest absolute Gasteiger partial charge is 0.337 e. The normalized spacial score (nSPS) is 13.3. The van der Waals surface area contributed by atoms with Crippen LogP contribution in [0.5, 0.6) is 0 Å². The van der Waals surface area contributed by atoms with Crippen LogP contribution in [-0.4, -0.2) is 20.6 Å². The Hall–Kier alpha value is -2.36. The minimum absolute atomic E-state index is 0.352. The van der Waals surface area contributed by atoms with Gasteiger partial charge in [0.05, 0.1) is 17.0 Å². The minimum Gasteiger partial charge on any atom is -0.478 e. The molecule has 0 spiro atoms. The number of rotatable bonds is 2. The van der Waals surface area contributed by atoms with E-state index in [2.05, 4.69) is 4.98 Å². The molecule has 1 aliphatic rings. The van der Waals surface area contributed by atoms with Gasteiger partial charge in [-0.2, -0.15) is 0 Å². The monoisotopic (exact) mass is 240 g/mol. The second-order valence-electron chi connectivity index (χ2n) is 4.22. The first kappa shape index (κ1) is 10.8. The molecule has 0 saturated heterocycles. The Labute approximate surface area is 104 Å². The Morgan fingerprint density at radius 3 is 3.06 bits per heavy atom. The second-order valence-corrected chi connectivity index (χ2v) is 4.22. The summed E-state index contributed by atoms with van der Waals surface area (Å²) in [7, 11) is 0. The van der Waals surface area contributed by atoms with Crippen molar-refractivity contribution in [1.82, 2.24) is 9.55 Å². The van der Waals surface area contributed by atoms with Crippen molar-refractivity contribution in [1.29, 1.82) is 0 Å². The first-order chi connectivity index (χ1) is 8.77. The molecule has 0 aliphatic carbocycles. The number of allylic oxidation sites excluding steroid dienone is 1. The first-order valence-electron chi connectivity index (χ1n) is 5.81. The van der Waals surface area contributed by atoms with E-state index in [4.69, 9.17) is 0 Å². The molecule has 2 aromatic rings. The van der Waals surface area contributed by atoms with Gasteiger partial charge in [-0.3, -0.25) is 4.98 Å². The third-order valence-electron chi connectivity index (χ3n) is 3.12. The maximum atomic E-state index is 11.3. The van der Waals surface area contributed by atoms with Crippen molar-refractivity contribution in [2.24, 2.45) is 0 Å². The largest absolute Gasteiger partial charge is 0.478 e. The van der Waals surface area contributed by atoms with Gasteiger partial charge in [0.25, 0.3) is 0 Å². The average molecular weight is 240 g/mol. The molecular weight excluding hydrogens is 228 g/mol. The number of carbonyl (C=O) groups is 1. The lowest BCUT2D eigenvalue weighted by atomic mass is 10.2. The number of aromatic nitrogens is 2. The highest BCUT2D eigenvalue weighted by Crippen LogP contribution is 2.29. The quantitative estimate of drug-likeness (QED) is 0.878. The molecule has 0 aromatic carbocycles. The fraction of sp³-hybridized carbons (Fsp3) is 0.143. The molecule has 0 bridgehead atoms. The Balaban J connectivity index is 2.22. The third kappa shape index (κ3) is 1.62. The second kappa shape index (κ2) is 4.14. The molecule has 3 heterocycles. The minimum atomic E-state index is -0.888. The third-order valence-corrected chi connectivity index (χ3v) is 3.12. The molecule has 4 heteroatoms. The van der Waals surface area contributed by atoms with Crippen LogP contribution in [-0.2, 0) is 6.54 Å². The predicted octanol–water partition coefficient (Wildman–Crippen LogP) is 2.67. The number of hydrogen-bond donors (Lipinski definition) is 1. The highest BCUT2D eigenvalue weighted by atomic mass is 16.4. The van der Waals surface area contributed by atoms with Crippen molar-refractivity contribution in [2.75, 3.05) is 0 Å². The predicted molar refractivity (Wildman–Crippen MR) is 68.3 cm³/mol. The molecule has 0 amide bonds. The van der Waals surface area contributed by atoms with E-state index in [0.29, 0.717) is 5.56 Å². The number of carboxylic acid groups (broad SMARTS) is 1. The zero-order chi connectivity index (χ0) is 12.5. The topological polar surface area (TPSA) is 55.1 Å². The number of fused-ring (bicyclic) bond motifs is 1. The van der Waals surface area contributed by atoms with E-state index in [1.165, 1.54) is 0 Å². The zero-order valence-corrected chi connectivity index (χ0v) is 9.71. The first-order valence-corrected chi connectivity index (χ1v) is 5.81. The molecule has 0 fully saturated rings. The molecule has 0 radical (unpaired) electrons. The maximum Gasteiger partial charge on any atom is 0.337 e. The van der Waals surface area contributed by atoms with Crippen LogP contribution in [0.2, 0.25) is 0 Å². The molecule has 18 heavy (non-hydrogen) atoms. The van der Waals surface area contributed by atoms with Gasteiger partial charge in [0.15, 0.2) is 0 Å². The van der Waals surface area contributed by atoms with Crippen LogP contribution in [0.15, 0.2) is 36.7 Å². The highest BCUT2D eigenvalue weighted by molar-refractivity contribution is 5.94. The summed E-state index contributed by atoms with van der Waals surface area (Å²) in [6.07, 6.45) is 8.28. The van der Waals surface area contributed by atoms with E-state index in [1.807, 2.05) is 28.9 Å². The van der Waals surface area contributed by atoms with Gasteiger partial charge in [-0.15, -0.1) is 0 Å².